The van der Waals surface area contributed by atoms with Crippen LogP contribution in [0.5, 0.6) is 0 Å². The molecule has 51 heavy (non-hydrogen) atoms. The van der Waals surface area contributed by atoms with Gasteiger partial charge in [-0.25, -0.2) is 4.39 Å². The molecule has 0 saturated carbocycles. The van der Waals surface area contributed by atoms with Gasteiger partial charge in [0.05, 0.1) is 16.0 Å². The maximum absolute atomic E-state index is 16.1. The Kier molecular flexibility index (Phi) is 10.7. The van der Waals surface area contributed by atoms with Gasteiger partial charge >= 0.3 is 17.9 Å². The van der Waals surface area contributed by atoms with Crippen LogP contribution in [0, 0.1) is 9.20 Å². The number of allylic oxidation sites excluding steroid dienone is 1. The van der Waals surface area contributed by atoms with E-state index in [0.717, 1.165) is 27.6 Å². The number of aliphatic carboxylic acids is 3. The second-order valence-electron chi connectivity index (χ2n) is 10.7. The molecule has 0 bridgehead atoms. The molecule has 0 unspecified atom stereocenters. The molecule has 270 valence electrons. The summed E-state index contributed by atoms with van der Waals surface area (Å²) < 4.78 is 47.8. The minimum atomic E-state index is -4.32. The summed E-state index contributed by atoms with van der Waals surface area (Å²) in [7, 11) is -3.07. The number of halogens is 1. The summed E-state index contributed by atoms with van der Waals surface area (Å²) in [6.07, 6.45) is 0.731. The number of hydrogen-bond acceptors (Lipinski definition) is 13. The third-order valence-electron chi connectivity index (χ3n) is 7.22. The number of anilines is 1. The molecule has 5 rings (SSSR count). The van der Waals surface area contributed by atoms with Crippen molar-refractivity contribution in [3.63, 3.8) is 0 Å². The van der Waals surface area contributed by atoms with Crippen molar-refractivity contribution >= 4 is 103 Å². The number of rotatable bonds is 11. The average molecular weight is 802 g/mol. The van der Waals surface area contributed by atoms with Crippen LogP contribution in [0.4, 0.5) is 10.1 Å². The van der Waals surface area contributed by atoms with Gasteiger partial charge in [0.25, 0.3) is 27.1 Å². The fourth-order valence-corrected chi connectivity index (χ4v) is 9.33. The van der Waals surface area contributed by atoms with Gasteiger partial charge in [-0.1, -0.05) is 23.9 Å². The van der Waals surface area contributed by atoms with E-state index in [4.69, 9.17) is 12.2 Å². The van der Waals surface area contributed by atoms with Crippen LogP contribution in [0.25, 0.3) is 11.8 Å². The quantitative estimate of drug-likeness (QED) is 0.143. The van der Waals surface area contributed by atoms with Gasteiger partial charge in [0.15, 0.2) is 10.9 Å². The number of thiocarbonyl (C=S) groups is 1. The van der Waals surface area contributed by atoms with Gasteiger partial charge in [-0.15, -0.1) is 22.7 Å². The lowest BCUT2D eigenvalue weighted by Crippen LogP contribution is -2.37. The lowest BCUT2D eigenvalue weighted by atomic mass is 10.3. The second-order valence-corrected chi connectivity index (χ2v) is 15.7. The van der Waals surface area contributed by atoms with Crippen molar-refractivity contribution in [3.8, 4) is 0 Å². The molecule has 23 heteroatoms. The third-order valence-corrected chi connectivity index (χ3v) is 12.1. The van der Waals surface area contributed by atoms with E-state index < -0.39 is 86.5 Å². The van der Waals surface area contributed by atoms with Gasteiger partial charge in [-0.3, -0.25) is 52.3 Å². The van der Waals surface area contributed by atoms with Crippen LogP contribution in [0.15, 0.2) is 49.6 Å². The first-order chi connectivity index (χ1) is 23.9. The molecular formula is C28H24FN5O12S5. The van der Waals surface area contributed by atoms with Crippen LogP contribution in [-0.2, 0) is 42.4 Å². The molecule has 0 radical (unpaired) electrons. The number of thiazole rings is 2. The lowest BCUT2D eigenvalue weighted by Gasteiger charge is -2.20. The van der Waals surface area contributed by atoms with Crippen LogP contribution in [0.3, 0.4) is 0 Å². The molecule has 1 fully saturated rings. The fourth-order valence-electron chi connectivity index (χ4n) is 5.11. The van der Waals surface area contributed by atoms with Crippen molar-refractivity contribution in [1.29, 1.82) is 0 Å². The Labute approximate surface area is 302 Å². The van der Waals surface area contributed by atoms with Crippen molar-refractivity contribution in [2.75, 3.05) is 30.8 Å². The van der Waals surface area contributed by atoms with Crippen LogP contribution in [0.1, 0.15) is 6.42 Å². The van der Waals surface area contributed by atoms with Gasteiger partial charge in [0.1, 0.15) is 44.2 Å². The van der Waals surface area contributed by atoms with Gasteiger partial charge in [0.2, 0.25) is 0 Å². The van der Waals surface area contributed by atoms with Crippen molar-refractivity contribution in [2.45, 2.75) is 24.4 Å². The minimum Gasteiger partial charge on any atom is -0.480 e. The number of fused-ring (bicyclic) bond motifs is 1. The summed E-state index contributed by atoms with van der Waals surface area (Å²) >= 11 is 7.18. The van der Waals surface area contributed by atoms with E-state index in [2.05, 4.69) is 0 Å². The summed E-state index contributed by atoms with van der Waals surface area (Å²) in [5, 5.41) is 28.4. The first kappa shape index (κ1) is 37.6. The molecule has 0 spiro atoms. The predicted molar refractivity (Wildman–Crippen MR) is 186 cm³/mol. The van der Waals surface area contributed by atoms with Crippen molar-refractivity contribution in [3.05, 3.63) is 74.2 Å². The Balaban J connectivity index is 1.81. The number of thioether (sulfide) groups is 1. The SMILES string of the molecule is CN1C(=O)/C(=c2\s/c(=c3/sc(=C/C(F)=C4/Sc5ccccc5N4CCCS(=O)(=O)O)c(=O)n3CC(=O)O)c(=O)n2CC(=O)O)N(CC(=O)O)C1=S. The van der Waals surface area contributed by atoms with E-state index >= 15 is 4.39 Å². The topological polar surface area (TPSA) is 237 Å². The van der Waals surface area contributed by atoms with E-state index in [1.165, 1.54) is 11.9 Å². The average Bonchev–Trinajstić information content (AvgIpc) is 3.71. The highest BCUT2D eigenvalue weighted by atomic mass is 32.2. The lowest BCUT2D eigenvalue weighted by molar-refractivity contribution is -0.138. The number of hydrogen-bond donors (Lipinski definition) is 4. The zero-order valence-corrected chi connectivity index (χ0v) is 29.9. The Hall–Kier alpha value is -4.68. The first-order valence-electron chi connectivity index (χ1n) is 14.2. The van der Waals surface area contributed by atoms with Crippen molar-refractivity contribution in [2.24, 2.45) is 0 Å². The molecule has 2 aliphatic rings. The number of para-hydroxylation sites is 1. The first-order valence-corrected chi connectivity index (χ1v) is 18.7. The highest BCUT2D eigenvalue weighted by Gasteiger charge is 2.39. The van der Waals surface area contributed by atoms with E-state index in [1.54, 1.807) is 24.3 Å². The summed E-state index contributed by atoms with van der Waals surface area (Å²) in [5.74, 6) is -6.89. The molecule has 4 N–H and O–H groups in total. The number of carbonyl (C=O) groups excluding carboxylic acids is 1. The van der Waals surface area contributed by atoms with Gasteiger partial charge < -0.3 is 20.2 Å². The summed E-state index contributed by atoms with van der Waals surface area (Å²) in [6.45, 7) is -2.89. The van der Waals surface area contributed by atoms with E-state index in [9.17, 15) is 57.1 Å². The van der Waals surface area contributed by atoms with Crippen LogP contribution < -0.4 is 25.2 Å². The number of aromatic nitrogens is 2. The highest BCUT2D eigenvalue weighted by molar-refractivity contribution is 8.03. The zero-order valence-electron chi connectivity index (χ0n) is 25.8. The normalized spacial score (nSPS) is 17.8. The maximum Gasteiger partial charge on any atom is 0.323 e. The molecule has 0 aliphatic carbocycles. The molecular weight excluding hydrogens is 778 g/mol. The van der Waals surface area contributed by atoms with Gasteiger partial charge in [-0.05, 0) is 36.8 Å². The standard InChI is InChI=1S/C28H24FN5O12S5/c1-30-23(42)20(32(28(30)47)10-17(35)36)26-34(12-19(39)40)24(43)21(50-26)27-33(11-18(37)38)22(41)16(49-27)9-13(29)25-31(7-4-8-51(44,45)46)14-5-2-3-6-15(14)48-25/h2-3,5-6,9H,4,7-8,10-12H2,1H3,(H,35,36)(H,37,38)(H,39,40)(H,44,45,46)/b16-9?,25-13-,26-20+,27-21+. The molecule has 1 aromatic carbocycles. The summed E-state index contributed by atoms with van der Waals surface area (Å²) in [6, 6.07) is 6.71. The van der Waals surface area contributed by atoms with Crippen LogP contribution in [-0.4, -0.2) is 102 Å². The number of carboxylic acid groups (broad SMARTS) is 3. The molecule has 0 atom stereocenters. The van der Waals surface area contributed by atoms with E-state index in [-0.39, 0.29) is 37.0 Å². The summed E-state index contributed by atoms with van der Waals surface area (Å²) in [4.78, 5) is 79.8. The molecule has 1 amide bonds. The van der Waals surface area contributed by atoms with Gasteiger partial charge in [0, 0.05) is 18.5 Å². The number of nitrogens with zero attached hydrogens (tertiary/aromatic N) is 5. The predicted octanol–water partition coefficient (Wildman–Crippen LogP) is -0.350. The van der Waals surface area contributed by atoms with Crippen LogP contribution in [0.2, 0.25) is 0 Å². The number of likely N-dealkylation sites (N-methyl/N-ethyl adjacent to an activating group) is 1. The second kappa shape index (κ2) is 14.5. The highest BCUT2D eigenvalue weighted by Crippen LogP contribution is 2.47. The van der Waals surface area contributed by atoms with Crippen molar-refractivity contribution in [1.82, 2.24) is 18.9 Å². The van der Waals surface area contributed by atoms with Gasteiger partial charge in [-0.2, -0.15) is 8.42 Å². The van der Waals surface area contributed by atoms with E-state index in [0.29, 0.717) is 42.4 Å². The number of carbonyl (C=O) groups is 4. The fraction of sp³-hybridized carbons (Fsp3) is 0.250. The third kappa shape index (κ3) is 7.67. The Morgan fingerprint density at radius 2 is 1.51 bits per heavy atom. The molecule has 1 saturated heterocycles. The largest absolute Gasteiger partial charge is 0.480 e. The molecule has 4 heterocycles. The molecule has 3 aromatic rings. The van der Waals surface area contributed by atoms with Crippen LogP contribution >= 0.6 is 46.7 Å². The number of amides is 1. The summed E-state index contributed by atoms with van der Waals surface area (Å²) in [5.41, 5.74) is -2.00. The maximum atomic E-state index is 16.1. The smallest absolute Gasteiger partial charge is 0.323 e. The molecule has 17 nitrogen and oxygen atoms in total. The Bertz CT molecular complexity index is 2520. The van der Waals surface area contributed by atoms with Crippen molar-refractivity contribution < 1.29 is 51.9 Å². The molecule has 2 aromatic heterocycles. The Morgan fingerprint density at radius 1 is 0.902 bits per heavy atom. The Morgan fingerprint density at radius 3 is 2.12 bits per heavy atom. The monoisotopic (exact) mass is 801 g/mol. The molecule has 2 aliphatic heterocycles. The number of carboxylic acids is 3. The number of benzene rings is 1. The zero-order chi connectivity index (χ0) is 37.5. The van der Waals surface area contributed by atoms with E-state index in [1.807, 2.05) is 0 Å². The minimum absolute atomic E-state index is 0.0392.